The van der Waals surface area contributed by atoms with Crippen molar-refractivity contribution in [2.45, 2.75) is 6.92 Å². The van der Waals surface area contributed by atoms with E-state index in [1.54, 1.807) is 24.3 Å². The Kier molecular flexibility index (Phi) is 3.28. The highest BCUT2D eigenvalue weighted by Gasteiger charge is 2.17. The van der Waals surface area contributed by atoms with Gasteiger partial charge in [0, 0.05) is 11.1 Å². The molecule has 24 heavy (non-hydrogen) atoms. The molecule has 118 valence electrons. The van der Waals surface area contributed by atoms with Gasteiger partial charge in [-0.2, -0.15) is 0 Å². The quantitative estimate of drug-likeness (QED) is 0.546. The number of fused-ring (bicyclic) bond motifs is 1. The van der Waals surface area contributed by atoms with Crippen molar-refractivity contribution in [2.24, 2.45) is 0 Å². The van der Waals surface area contributed by atoms with Gasteiger partial charge < -0.3 is 14.8 Å². The normalized spacial score (nSPS) is 11.0. The van der Waals surface area contributed by atoms with E-state index in [2.05, 4.69) is 23.6 Å². The van der Waals surface area contributed by atoms with Gasteiger partial charge in [0.15, 0.2) is 0 Å². The van der Waals surface area contributed by atoms with Crippen molar-refractivity contribution in [3.05, 3.63) is 78.4 Å². The molecule has 0 atom stereocenters. The lowest BCUT2D eigenvalue weighted by Gasteiger charge is -2.12. The SMILES string of the molecule is Cc1c(-c2ccc(O)cc2)n(-c2ccccc2)c2ccc(O)cc12. The van der Waals surface area contributed by atoms with Gasteiger partial charge in [-0.25, -0.2) is 0 Å². The molecule has 0 radical (unpaired) electrons. The van der Waals surface area contributed by atoms with E-state index in [9.17, 15) is 10.2 Å². The molecule has 0 aliphatic heterocycles. The van der Waals surface area contributed by atoms with E-state index in [1.165, 1.54) is 0 Å². The highest BCUT2D eigenvalue weighted by molar-refractivity contribution is 5.94. The molecule has 3 aromatic carbocycles. The summed E-state index contributed by atoms with van der Waals surface area (Å²) in [6.07, 6.45) is 0. The smallest absolute Gasteiger partial charge is 0.116 e. The highest BCUT2D eigenvalue weighted by atomic mass is 16.3. The Morgan fingerprint density at radius 1 is 0.750 bits per heavy atom. The molecular weight excluding hydrogens is 298 g/mol. The number of benzene rings is 3. The van der Waals surface area contributed by atoms with E-state index < -0.39 is 0 Å². The number of nitrogens with zero attached hydrogens (tertiary/aromatic N) is 1. The van der Waals surface area contributed by atoms with Gasteiger partial charge in [-0.15, -0.1) is 0 Å². The minimum atomic E-state index is 0.247. The summed E-state index contributed by atoms with van der Waals surface area (Å²) in [4.78, 5) is 0. The van der Waals surface area contributed by atoms with Crippen molar-refractivity contribution in [1.82, 2.24) is 4.57 Å². The molecule has 0 unspecified atom stereocenters. The number of rotatable bonds is 2. The minimum Gasteiger partial charge on any atom is -0.508 e. The average molecular weight is 315 g/mol. The number of hydrogen-bond acceptors (Lipinski definition) is 2. The van der Waals surface area contributed by atoms with Crippen LogP contribution in [-0.2, 0) is 0 Å². The summed E-state index contributed by atoms with van der Waals surface area (Å²) >= 11 is 0. The summed E-state index contributed by atoms with van der Waals surface area (Å²) in [5, 5.41) is 20.5. The van der Waals surface area contributed by atoms with Crippen LogP contribution in [0.1, 0.15) is 5.56 Å². The van der Waals surface area contributed by atoms with E-state index in [0.29, 0.717) is 0 Å². The van der Waals surface area contributed by atoms with Gasteiger partial charge in [0.1, 0.15) is 11.5 Å². The Hall–Kier alpha value is -3.20. The molecule has 0 saturated carbocycles. The van der Waals surface area contributed by atoms with Gasteiger partial charge in [-0.3, -0.25) is 0 Å². The Labute approximate surface area is 140 Å². The fourth-order valence-corrected chi connectivity index (χ4v) is 3.25. The standard InChI is InChI=1S/C21H17NO2/c1-14-19-13-18(24)11-12-20(19)22(16-5-3-2-4-6-16)21(14)15-7-9-17(23)10-8-15/h2-13,23-24H,1H3. The molecule has 4 rings (SSSR count). The van der Waals surface area contributed by atoms with Crippen molar-refractivity contribution in [3.63, 3.8) is 0 Å². The lowest BCUT2D eigenvalue weighted by molar-refractivity contribution is 0.475. The number of aromatic hydroxyl groups is 2. The van der Waals surface area contributed by atoms with Gasteiger partial charge in [-0.05, 0) is 72.6 Å². The first kappa shape index (κ1) is 14.4. The zero-order valence-corrected chi connectivity index (χ0v) is 13.3. The lowest BCUT2D eigenvalue weighted by Crippen LogP contribution is -1.97. The fraction of sp³-hybridized carbons (Fsp3) is 0.0476. The molecule has 4 aromatic rings. The second kappa shape index (κ2) is 5.46. The predicted octanol–water partition coefficient (Wildman–Crippen LogP) is 5.02. The predicted molar refractivity (Wildman–Crippen MR) is 96.8 cm³/mol. The van der Waals surface area contributed by atoms with Crippen molar-refractivity contribution < 1.29 is 10.2 Å². The summed E-state index contributed by atoms with van der Waals surface area (Å²) < 4.78 is 2.19. The lowest BCUT2D eigenvalue weighted by atomic mass is 10.1. The monoisotopic (exact) mass is 315 g/mol. The van der Waals surface area contributed by atoms with Crippen LogP contribution < -0.4 is 0 Å². The largest absolute Gasteiger partial charge is 0.508 e. The van der Waals surface area contributed by atoms with Crippen LogP contribution in [0, 0.1) is 6.92 Å². The summed E-state index contributed by atoms with van der Waals surface area (Å²) in [5.74, 6) is 0.504. The molecule has 1 heterocycles. The number of aromatic nitrogens is 1. The molecule has 3 nitrogen and oxygen atoms in total. The van der Waals surface area contributed by atoms with Crippen LogP contribution in [0.4, 0.5) is 0 Å². The van der Waals surface area contributed by atoms with E-state index in [1.807, 2.05) is 36.4 Å². The summed E-state index contributed by atoms with van der Waals surface area (Å²) in [5.41, 5.74) is 5.27. The molecule has 0 saturated heterocycles. The minimum absolute atomic E-state index is 0.247. The van der Waals surface area contributed by atoms with Gasteiger partial charge in [0.05, 0.1) is 11.2 Å². The summed E-state index contributed by atoms with van der Waals surface area (Å²) in [6, 6.07) is 22.8. The summed E-state index contributed by atoms with van der Waals surface area (Å²) in [6.45, 7) is 2.06. The second-order valence-electron chi connectivity index (χ2n) is 5.89. The third-order valence-electron chi connectivity index (χ3n) is 4.36. The van der Waals surface area contributed by atoms with Crippen molar-refractivity contribution in [2.75, 3.05) is 0 Å². The first-order chi connectivity index (χ1) is 11.6. The number of hydrogen-bond donors (Lipinski definition) is 2. The van der Waals surface area contributed by atoms with Crippen molar-refractivity contribution in [3.8, 4) is 28.4 Å². The van der Waals surface area contributed by atoms with Crippen LogP contribution in [-0.4, -0.2) is 14.8 Å². The zero-order valence-electron chi connectivity index (χ0n) is 13.3. The maximum Gasteiger partial charge on any atom is 0.116 e. The van der Waals surface area contributed by atoms with Gasteiger partial charge in [0.25, 0.3) is 0 Å². The second-order valence-corrected chi connectivity index (χ2v) is 5.89. The Bertz CT molecular complexity index is 1020. The molecule has 0 spiro atoms. The topological polar surface area (TPSA) is 45.4 Å². The average Bonchev–Trinajstić information content (AvgIpc) is 2.89. The first-order valence-electron chi connectivity index (χ1n) is 7.84. The Balaban J connectivity index is 2.11. The number of phenolic OH excluding ortho intramolecular Hbond substituents is 2. The van der Waals surface area contributed by atoms with E-state index >= 15 is 0 Å². The van der Waals surface area contributed by atoms with E-state index in [0.717, 1.165) is 33.4 Å². The van der Waals surface area contributed by atoms with Crippen LogP contribution in [0.2, 0.25) is 0 Å². The highest BCUT2D eigenvalue weighted by Crippen LogP contribution is 2.37. The first-order valence-corrected chi connectivity index (χ1v) is 7.84. The van der Waals surface area contributed by atoms with Gasteiger partial charge >= 0.3 is 0 Å². The molecule has 0 aliphatic rings. The number of phenols is 2. The molecule has 3 heteroatoms. The number of para-hydroxylation sites is 1. The van der Waals surface area contributed by atoms with Crippen LogP contribution in [0.15, 0.2) is 72.8 Å². The Morgan fingerprint density at radius 2 is 1.42 bits per heavy atom. The third-order valence-corrected chi connectivity index (χ3v) is 4.36. The van der Waals surface area contributed by atoms with E-state index in [-0.39, 0.29) is 11.5 Å². The maximum atomic E-state index is 9.89. The van der Waals surface area contributed by atoms with Crippen LogP contribution in [0.25, 0.3) is 27.8 Å². The molecule has 0 aliphatic carbocycles. The molecule has 0 fully saturated rings. The van der Waals surface area contributed by atoms with Gasteiger partial charge in [0.2, 0.25) is 0 Å². The maximum absolute atomic E-state index is 9.89. The van der Waals surface area contributed by atoms with Crippen molar-refractivity contribution in [1.29, 1.82) is 0 Å². The fourth-order valence-electron chi connectivity index (χ4n) is 3.25. The van der Waals surface area contributed by atoms with Crippen molar-refractivity contribution >= 4 is 10.9 Å². The van der Waals surface area contributed by atoms with E-state index in [4.69, 9.17) is 0 Å². The molecule has 2 N–H and O–H groups in total. The third kappa shape index (κ3) is 2.22. The summed E-state index contributed by atoms with van der Waals surface area (Å²) in [7, 11) is 0. The number of aryl methyl sites for hydroxylation is 1. The van der Waals surface area contributed by atoms with Crippen LogP contribution >= 0.6 is 0 Å². The molecule has 0 amide bonds. The zero-order chi connectivity index (χ0) is 16.7. The van der Waals surface area contributed by atoms with Crippen LogP contribution in [0.5, 0.6) is 11.5 Å². The molecule has 1 aromatic heterocycles. The van der Waals surface area contributed by atoms with Gasteiger partial charge in [-0.1, -0.05) is 18.2 Å². The van der Waals surface area contributed by atoms with Crippen LogP contribution in [0.3, 0.4) is 0 Å². The molecular formula is C21H17NO2. The molecule has 0 bridgehead atoms. The Morgan fingerprint density at radius 3 is 2.12 bits per heavy atom.